The molecule has 0 radical (unpaired) electrons. The van der Waals surface area contributed by atoms with Gasteiger partial charge in [0.25, 0.3) is 0 Å². The molecule has 1 N–H and O–H groups in total. The largest absolute Gasteiger partial charge is 0.511 e. The van der Waals surface area contributed by atoms with Crippen molar-refractivity contribution in [1.82, 2.24) is 0 Å². The summed E-state index contributed by atoms with van der Waals surface area (Å²) in [7, 11) is 0. The number of hydrogen-bond acceptors (Lipinski definition) is 5. The van der Waals surface area contributed by atoms with Crippen molar-refractivity contribution in [3.05, 3.63) is 53.8 Å². The van der Waals surface area contributed by atoms with Crippen LogP contribution in [0.4, 0.5) is 13.2 Å². The van der Waals surface area contributed by atoms with E-state index < -0.39 is 11.7 Å². The first-order valence-electron chi connectivity index (χ1n) is 9.18. The van der Waals surface area contributed by atoms with Crippen molar-refractivity contribution in [3.8, 4) is 0 Å². The molecule has 2 atom stereocenters. The zero-order valence-electron chi connectivity index (χ0n) is 16.3. The Hall–Kier alpha value is -2.22. The van der Waals surface area contributed by atoms with E-state index in [0.29, 0.717) is 18.6 Å². The normalized spacial score (nSPS) is 19.3. The van der Waals surface area contributed by atoms with E-state index in [1.54, 1.807) is 6.92 Å². The van der Waals surface area contributed by atoms with Gasteiger partial charge in [0.1, 0.15) is 12.4 Å². The maximum Gasteiger partial charge on any atom is 0.416 e. The minimum atomic E-state index is -4.35. The molecule has 2 rings (SSSR count). The number of carbonyl (C=O) groups excluding carboxylic acids is 1. The van der Waals surface area contributed by atoms with Gasteiger partial charge in [0.15, 0.2) is 5.78 Å². The summed E-state index contributed by atoms with van der Waals surface area (Å²) >= 11 is 1.45. The summed E-state index contributed by atoms with van der Waals surface area (Å²) in [5.74, 6) is -0.222. The quantitative estimate of drug-likeness (QED) is 0.183. The van der Waals surface area contributed by atoms with Gasteiger partial charge in [0.2, 0.25) is 0 Å². The molecular weight excluding hydrogens is 403 g/mol. The zero-order chi connectivity index (χ0) is 21.6. The first kappa shape index (κ1) is 23.1. The Balaban J connectivity index is 1.97. The minimum absolute atomic E-state index is 0.00133. The molecule has 0 saturated heterocycles. The number of thioether (sulfide) groups is 1. The predicted molar refractivity (Wildman–Crippen MR) is 108 cm³/mol. The van der Waals surface area contributed by atoms with E-state index in [1.807, 2.05) is 6.92 Å². The number of alkyl halides is 3. The Morgan fingerprint density at radius 3 is 2.59 bits per heavy atom. The van der Waals surface area contributed by atoms with Gasteiger partial charge in [0.05, 0.1) is 16.8 Å². The van der Waals surface area contributed by atoms with Gasteiger partial charge in [-0.3, -0.25) is 4.79 Å². The summed E-state index contributed by atoms with van der Waals surface area (Å²) in [6, 6.07) is 5.04. The smallest absolute Gasteiger partial charge is 0.416 e. The van der Waals surface area contributed by atoms with Gasteiger partial charge in [-0.15, -0.1) is 11.8 Å². The first-order valence-corrected chi connectivity index (χ1v) is 10.1. The molecule has 29 heavy (non-hydrogen) atoms. The Bertz CT molecular complexity index is 800. The molecule has 1 aromatic carbocycles. The van der Waals surface area contributed by atoms with Crippen LogP contribution in [0.3, 0.4) is 0 Å². The van der Waals surface area contributed by atoms with Gasteiger partial charge in [-0.05, 0) is 43.5 Å². The second kappa shape index (κ2) is 10.0. The number of aliphatic hydroxyl groups excluding tert-OH is 1. The molecule has 0 spiro atoms. The Morgan fingerprint density at radius 1 is 1.38 bits per heavy atom. The highest BCUT2D eigenvalue weighted by molar-refractivity contribution is 7.99. The molecule has 2 unspecified atom stereocenters. The summed E-state index contributed by atoms with van der Waals surface area (Å²) in [5, 5.41) is 14.2. The van der Waals surface area contributed by atoms with Gasteiger partial charge in [0, 0.05) is 23.0 Å². The van der Waals surface area contributed by atoms with E-state index in [2.05, 4.69) is 11.7 Å². The highest BCUT2D eigenvalue weighted by Gasteiger charge is 2.31. The number of hydrogen-bond donors (Lipinski definition) is 1. The molecular formula is C21H24F3NO3S. The average Bonchev–Trinajstić information content (AvgIpc) is 2.61. The summed E-state index contributed by atoms with van der Waals surface area (Å²) in [4.78, 5) is 18.2. The van der Waals surface area contributed by atoms with Crippen molar-refractivity contribution >= 4 is 23.3 Å². The predicted octanol–water partition coefficient (Wildman–Crippen LogP) is 5.95. The van der Waals surface area contributed by atoms with Crippen molar-refractivity contribution < 1.29 is 27.9 Å². The molecule has 0 aliphatic heterocycles. The standard InChI is InChI=1S/C21H24F3NO3S/c1-4-9-28-25-14(3)20-18(26)11-15(12-19(20)27)10-13(2)29-17-7-5-16(6-8-17)21(22,23)24/h4-8,13,15,26H,1,9-12H2,2-3H3. The number of rotatable bonds is 8. The van der Waals surface area contributed by atoms with Gasteiger partial charge in [-0.2, -0.15) is 13.2 Å². The fourth-order valence-electron chi connectivity index (χ4n) is 3.25. The van der Waals surface area contributed by atoms with Crippen LogP contribution in [0.15, 0.2) is 58.3 Å². The Kier molecular flexibility index (Phi) is 7.96. The number of halogens is 3. The van der Waals surface area contributed by atoms with Crippen LogP contribution in [0, 0.1) is 5.92 Å². The fourth-order valence-corrected chi connectivity index (χ4v) is 4.38. The second-order valence-corrected chi connectivity index (χ2v) is 8.48. The molecule has 0 bridgehead atoms. The summed E-state index contributed by atoms with van der Waals surface area (Å²) in [5.41, 5.74) is -0.141. The van der Waals surface area contributed by atoms with Crippen LogP contribution in [0.1, 0.15) is 38.7 Å². The van der Waals surface area contributed by atoms with Crippen LogP contribution in [-0.2, 0) is 15.8 Å². The van der Waals surface area contributed by atoms with Crippen molar-refractivity contribution in [2.24, 2.45) is 11.1 Å². The monoisotopic (exact) mass is 427 g/mol. The topological polar surface area (TPSA) is 58.9 Å². The van der Waals surface area contributed by atoms with Gasteiger partial charge < -0.3 is 9.94 Å². The maximum absolute atomic E-state index is 12.7. The third kappa shape index (κ3) is 6.66. The minimum Gasteiger partial charge on any atom is -0.511 e. The lowest BCUT2D eigenvalue weighted by atomic mass is 9.83. The number of carbonyl (C=O) groups is 1. The molecule has 158 valence electrons. The Labute approximate surface area is 172 Å². The highest BCUT2D eigenvalue weighted by Crippen LogP contribution is 2.36. The van der Waals surface area contributed by atoms with Crippen molar-refractivity contribution in [2.75, 3.05) is 6.61 Å². The third-order valence-electron chi connectivity index (χ3n) is 4.46. The number of nitrogens with zero attached hydrogens (tertiary/aromatic N) is 1. The molecule has 0 saturated carbocycles. The molecule has 0 fully saturated rings. The van der Waals surface area contributed by atoms with Crippen LogP contribution in [0.2, 0.25) is 0 Å². The highest BCUT2D eigenvalue weighted by atomic mass is 32.2. The summed E-state index contributed by atoms with van der Waals surface area (Å²) in [6.45, 7) is 7.28. The third-order valence-corrected chi connectivity index (χ3v) is 5.60. The molecule has 1 aromatic rings. The fraction of sp³-hybridized carbons (Fsp3) is 0.429. The van der Waals surface area contributed by atoms with E-state index in [9.17, 15) is 23.1 Å². The molecule has 0 amide bonds. The number of aliphatic hydroxyl groups is 1. The van der Waals surface area contributed by atoms with E-state index in [4.69, 9.17) is 4.84 Å². The Morgan fingerprint density at radius 2 is 2.03 bits per heavy atom. The molecule has 1 aliphatic carbocycles. The lowest BCUT2D eigenvalue weighted by molar-refractivity contribution is -0.137. The van der Waals surface area contributed by atoms with E-state index in [1.165, 1.54) is 30.0 Å². The van der Waals surface area contributed by atoms with Crippen molar-refractivity contribution in [1.29, 1.82) is 0 Å². The lowest BCUT2D eigenvalue weighted by Crippen LogP contribution is -2.25. The van der Waals surface area contributed by atoms with E-state index in [0.717, 1.165) is 17.0 Å². The van der Waals surface area contributed by atoms with Gasteiger partial charge in [-0.25, -0.2) is 0 Å². The van der Waals surface area contributed by atoms with Crippen molar-refractivity contribution in [3.63, 3.8) is 0 Å². The van der Waals surface area contributed by atoms with E-state index in [-0.39, 0.29) is 41.3 Å². The van der Waals surface area contributed by atoms with Crippen LogP contribution in [0.5, 0.6) is 0 Å². The number of oxime groups is 1. The number of allylic oxidation sites excluding steroid dienone is 2. The maximum atomic E-state index is 12.7. The summed E-state index contributed by atoms with van der Waals surface area (Å²) in [6.07, 6.45) is -1.53. The van der Waals surface area contributed by atoms with Gasteiger partial charge >= 0.3 is 6.18 Å². The van der Waals surface area contributed by atoms with Crippen LogP contribution >= 0.6 is 11.8 Å². The summed E-state index contributed by atoms with van der Waals surface area (Å²) < 4.78 is 38.0. The number of ketones is 1. The lowest BCUT2D eigenvalue weighted by Gasteiger charge is -2.25. The molecule has 0 aromatic heterocycles. The van der Waals surface area contributed by atoms with Gasteiger partial charge in [-0.1, -0.05) is 24.7 Å². The van der Waals surface area contributed by atoms with Crippen molar-refractivity contribution in [2.45, 2.75) is 49.4 Å². The van der Waals surface area contributed by atoms with Crippen LogP contribution in [0.25, 0.3) is 0 Å². The average molecular weight is 427 g/mol. The molecule has 1 aliphatic rings. The number of benzene rings is 1. The van der Waals surface area contributed by atoms with Crippen LogP contribution < -0.4 is 0 Å². The van der Waals surface area contributed by atoms with E-state index >= 15 is 0 Å². The first-order chi connectivity index (χ1) is 13.6. The van der Waals surface area contributed by atoms with Crippen LogP contribution in [-0.4, -0.2) is 28.5 Å². The zero-order valence-corrected chi connectivity index (χ0v) is 17.1. The molecule has 0 heterocycles. The second-order valence-electron chi connectivity index (χ2n) is 6.97. The molecule has 8 heteroatoms. The number of Topliss-reactive ketones (excluding diaryl/α,β-unsaturated/α-hetero) is 1. The molecule has 4 nitrogen and oxygen atoms in total. The SMILES string of the molecule is C=CCON=C(C)C1=C(O)CC(CC(C)Sc2ccc(C(F)(F)F)cc2)CC1=O.